The van der Waals surface area contributed by atoms with Crippen molar-refractivity contribution in [2.45, 2.75) is 12.3 Å². The number of hydrogen-bond donors (Lipinski definition) is 0. The molecule has 0 saturated heterocycles. The van der Waals surface area contributed by atoms with Crippen molar-refractivity contribution in [3.05, 3.63) is 181 Å². The highest BCUT2D eigenvalue weighted by atomic mass is 15.0. The number of aromatic nitrogens is 3. The third-order valence-corrected chi connectivity index (χ3v) is 9.37. The van der Waals surface area contributed by atoms with Crippen LogP contribution in [0.3, 0.4) is 0 Å². The minimum atomic E-state index is 0.165. The van der Waals surface area contributed by atoms with Gasteiger partial charge >= 0.3 is 0 Å². The second kappa shape index (κ2) is 11.8. The highest BCUT2D eigenvalue weighted by molar-refractivity contribution is 6.25. The first-order valence-electron chi connectivity index (χ1n) is 16.3. The van der Waals surface area contributed by atoms with Crippen LogP contribution in [-0.4, -0.2) is 15.0 Å². The first kappa shape index (κ1) is 27.9. The van der Waals surface area contributed by atoms with Crippen LogP contribution in [0, 0.1) is 12.1 Å². The lowest BCUT2D eigenvalue weighted by Gasteiger charge is -2.25. The molecular formula is C45H29N3. The van der Waals surface area contributed by atoms with Crippen molar-refractivity contribution in [2.24, 2.45) is 0 Å². The average Bonchev–Trinajstić information content (AvgIpc) is 3.18. The van der Waals surface area contributed by atoms with Crippen molar-refractivity contribution >= 4 is 37.9 Å². The summed E-state index contributed by atoms with van der Waals surface area (Å²) >= 11 is 0. The molecule has 9 rings (SSSR count). The maximum Gasteiger partial charge on any atom is 0.172 e. The predicted octanol–water partition coefficient (Wildman–Crippen LogP) is 11.1. The Hall–Kier alpha value is -6.37. The zero-order valence-corrected chi connectivity index (χ0v) is 26.1. The Labute approximate surface area is 279 Å². The van der Waals surface area contributed by atoms with E-state index in [-0.39, 0.29) is 5.92 Å². The third-order valence-electron chi connectivity index (χ3n) is 9.37. The first-order valence-corrected chi connectivity index (χ1v) is 16.3. The van der Waals surface area contributed by atoms with Crippen LogP contribution in [0.15, 0.2) is 158 Å². The Morgan fingerprint density at radius 1 is 0.521 bits per heavy atom. The number of rotatable bonds is 5. The van der Waals surface area contributed by atoms with Crippen molar-refractivity contribution in [3.8, 4) is 34.2 Å². The molecule has 0 aliphatic heterocycles. The van der Waals surface area contributed by atoms with E-state index in [1.54, 1.807) is 0 Å². The van der Waals surface area contributed by atoms with Gasteiger partial charge in [-0.2, -0.15) is 0 Å². The third kappa shape index (κ3) is 4.83. The minimum absolute atomic E-state index is 0.165. The molecule has 3 heteroatoms. The van der Waals surface area contributed by atoms with E-state index in [0.29, 0.717) is 17.5 Å². The Morgan fingerprint density at radius 3 is 1.88 bits per heavy atom. The van der Waals surface area contributed by atoms with Crippen molar-refractivity contribution in [1.29, 1.82) is 0 Å². The molecule has 0 spiro atoms. The van der Waals surface area contributed by atoms with Crippen LogP contribution >= 0.6 is 0 Å². The van der Waals surface area contributed by atoms with Crippen LogP contribution in [0.4, 0.5) is 0 Å². The first-order chi connectivity index (χ1) is 23.8. The fourth-order valence-electron chi connectivity index (χ4n) is 7.11. The largest absolute Gasteiger partial charge is 0.208 e. The number of fused-ring (bicyclic) bond motifs is 6. The quantitative estimate of drug-likeness (QED) is 0.182. The standard InChI is InChI=1S/C45H29N3/c1-3-15-30(16-4-1)43-46-44(31-17-5-2-6-18-31)48-45(47-43)41-26-14-13-24-38(41)34-20-8-7-19-33(34)32-27-28-40-37-23-10-9-21-35(37)36-22-11-12-25-39(36)42(40)29-32/h1-5,7-17,20-29,33H,19H2. The van der Waals surface area contributed by atoms with Crippen LogP contribution in [0.1, 0.15) is 23.5 Å². The molecule has 0 saturated carbocycles. The summed E-state index contributed by atoms with van der Waals surface area (Å²) in [5.41, 5.74) is 6.36. The summed E-state index contributed by atoms with van der Waals surface area (Å²) in [7, 11) is 0. The molecule has 1 unspecified atom stereocenters. The molecule has 1 aliphatic rings. The summed E-state index contributed by atoms with van der Waals surface area (Å²) in [5, 5.41) is 7.72. The molecule has 1 atom stereocenters. The van der Waals surface area contributed by atoms with Crippen molar-refractivity contribution in [3.63, 3.8) is 0 Å². The molecule has 0 amide bonds. The van der Waals surface area contributed by atoms with E-state index in [1.807, 2.05) is 48.5 Å². The van der Waals surface area contributed by atoms with E-state index in [0.717, 1.165) is 28.7 Å². The molecule has 1 heterocycles. The maximum atomic E-state index is 5.07. The van der Waals surface area contributed by atoms with Crippen LogP contribution in [0.2, 0.25) is 0 Å². The highest BCUT2D eigenvalue weighted by Gasteiger charge is 2.24. The van der Waals surface area contributed by atoms with Gasteiger partial charge in [0.15, 0.2) is 17.5 Å². The zero-order chi connectivity index (χ0) is 31.9. The lowest BCUT2D eigenvalue weighted by atomic mass is 9.79. The van der Waals surface area contributed by atoms with E-state index in [1.165, 1.54) is 43.5 Å². The average molecular weight is 612 g/mol. The highest BCUT2D eigenvalue weighted by Crippen LogP contribution is 2.43. The Bertz CT molecular complexity index is 2440. The molecule has 0 radical (unpaired) electrons. The van der Waals surface area contributed by atoms with Crippen LogP contribution in [0.25, 0.3) is 72.1 Å². The summed E-state index contributed by atoms with van der Waals surface area (Å²) in [6, 6.07) is 55.1. The van der Waals surface area contributed by atoms with Gasteiger partial charge < -0.3 is 0 Å². The van der Waals surface area contributed by atoms with Gasteiger partial charge in [0, 0.05) is 17.0 Å². The molecule has 0 bridgehead atoms. The number of benzene rings is 6. The van der Waals surface area contributed by atoms with E-state index in [9.17, 15) is 0 Å². The van der Waals surface area contributed by atoms with E-state index >= 15 is 0 Å². The van der Waals surface area contributed by atoms with Crippen LogP contribution in [0.5, 0.6) is 0 Å². The summed E-state index contributed by atoms with van der Waals surface area (Å²) < 4.78 is 0. The number of nitrogens with zero attached hydrogens (tertiary/aromatic N) is 3. The van der Waals surface area contributed by atoms with Gasteiger partial charge in [0.05, 0.1) is 5.56 Å². The van der Waals surface area contributed by atoms with Gasteiger partial charge in [-0.25, -0.2) is 15.0 Å². The molecule has 7 aromatic carbocycles. The Kier molecular flexibility index (Phi) is 6.84. The zero-order valence-electron chi connectivity index (χ0n) is 26.1. The second-order valence-corrected chi connectivity index (χ2v) is 12.2. The van der Waals surface area contributed by atoms with Gasteiger partial charge in [0.1, 0.15) is 0 Å². The van der Waals surface area contributed by atoms with Gasteiger partial charge in [0.25, 0.3) is 0 Å². The Balaban J connectivity index is 1.20. The molecule has 0 N–H and O–H groups in total. The lowest BCUT2D eigenvalue weighted by Crippen LogP contribution is -2.07. The molecule has 1 aromatic heterocycles. The van der Waals surface area contributed by atoms with Crippen LogP contribution in [-0.2, 0) is 0 Å². The molecule has 0 fully saturated rings. The van der Waals surface area contributed by atoms with Gasteiger partial charge in [-0.05, 0) is 73.6 Å². The molecule has 48 heavy (non-hydrogen) atoms. The summed E-state index contributed by atoms with van der Waals surface area (Å²) in [5.74, 6) is 2.01. The SMILES string of the molecule is c1cccc(-c2nc(-c3ccccc3)nc(-c3ccccc3C3=CC=CCC3c3ccc4c5ccccc5c5ccccc5c4c3)n2)c#1. The van der Waals surface area contributed by atoms with Gasteiger partial charge in [-0.15, -0.1) is 0 Å². The number of allylic oxidation sites excluding steroid dienone is 4. The fraction of sp³-hybridized carbons (Fsp3) is 0.0444. The van der Waals surface area contributed by atoms with Crippen molar-refractivity contribution < 1.29 is 0 Å². The second-order valence-electron chi connectivity index (χ2n) is 12.2. The summed E-state index contributed by atoms with van der Waals surface area (Å²) in [6.45, 7) is 0. The van der Waals surface area contributed by atoms with Gasteiger partial charge in [-0.1, -0.05) is 152 Å². The van der Waals surface area contributed by atoms with Gasteiger partial charge in [0.2, 0.25) is 0 Å². The number of hydrogen-bond acceptors (Lipinski definition) is 3. The van der Waals surface area contributed by atoms with Crippen molar-refractivity contribution in [1.82, 2.24) is 15.0 Å². The molecule has 8 aromatic rings. The molecule has 3 nitrogen and oxygen atoms in total. The monoisotopic (exact) mass is 611 g/mol. The summed E-state index contributed by atoms with van der Waals surface area (Å²) in [4.78, 5) is 15.0. The van der Waals surface area contributed by atoms with E-state index in [2.05, 4.69) is 121 Å². The molecule has 1 aliphatic carbocycles. The topological polar surface area (TPSA) is 38.7 Å². The predicted molar refractivity (Wildman–Crippen MR) is 197 cm³/mol. The van der Waals surface area contributed by atoms with Crippen LogP contribution < -0.4 is 0 Å². The minimum Gasteiger partial charge on any atom is -0.208 e. The lowest BCUT2D eigenvalue weighted by molar-refractivity contribution is 0.876. The van der Waals surface area contributed by atoms with Gasteiger partial charge in [-0.3, -0.25) is 0 Å². The van der Waals surface area contributed by atoms with Crippen molar-refractivity contribution in [2.75, 3.05) is 0 Å². The summed E-state index contributed by atoms with van der Waals surface area (Å²) in [6.07, 6.45) is 7.62. The van der Waals surface area contributed by atoms with E-state index in [4.69, 9.17) is 15.0 Å². The smallest absolute Gasteiger partial charge is 0.172 e. The normalized spacial score (nSPS) is 14.2. The fourth-order valence-corrected chi connectivity index (χ4v) is 7.11. The molecular weight excluding hydrogens is 583 g/mol. The molecule has 224 valence electrons. The maximum absolute atomic E-state index is 5.07. The Morgan fingerprint density at radius 2 is 1.15 bits per heavy atom. The van der Waals surface area contributed by atoms with E-state index < -0.39 is 0 Å².